The average molecular weight is 268 g/mol. The summed E-state index contributed by atoms with van der Waals surface area (Å²) in [5.74, 6) is 1.30. The Morgan fingerprint density at radius 2 is 1.89 bits per heavy atom. The molecule has 2 aromatic rings. The van der Waals surface area contributed by atoms with Crippen LogP contribution in [0, 0.1) is 6.92 Å². The molecule has 3 rings (SSSR count). The molecule has 0 fully saturated rings. The number of thioether (sulfide) groups is 1. The van der Waals surface area contributed by atoms with Gasteiger partial charge in [0.15, 0.2) is 0 Å². The third kappa shape index (κ3) is 2.59. The zero-order valence-corrected chi connectivity index (χ0v) is 11.7. The Bertz CT molecular complexity index is 601. The van der Waals surface area contributed by atoms with Gasteiger partial charge in [0.1, 0.15) is 5.78 Å². The van der Waals surface area contributed by atoms with Gasteiger partial charge in [0, 0.05) is 17.1 Å². The second-order valence-electron chi connectivity index (χ2n) is 5.03. The summed E-state index contributed by atoms with van der Waals surface area (Å²) in [5.41, 5.74) is 3.56. The lowest BCUT2D eigenvalue weighted by Gasteiger charge is -2.09. The monoisotopic (exact) mass is 268 g/mol. The van der Waals surface area contributed by atoms with Crippen molar-refractivity contribution in [2.24, 2.45) is 0 Å². The lowest BCUT2D eigenvalue weighted by Crippen LogP contribution is -2.14. The van der Waals surface area contributed by atoms with E-state index in [1.54, 1.807) is 11.8 Å². The lowest BCUT2D eigenvalue weighted by atomic mass is 9.92. The zero-order chi connectivity index (χ0) is 13.2. The Kier molecular flexibility index (Phi) is 3.43. The van der Waals surface area contributed by atoms with Gasteiger partial charge in [0.25, 0.3) is 0 Å². The molecule has 1 nitrogen and oxygen atoms in total. The molecule has 0 aliphatic carbocycles. The van der Waals surface area contributed by atoms with Crippen molar-refractivity contribution in [2.45, 2.75) is 24.2 Å². The first-order valence-corrected chi connectivity index (χ1v) is 7.52. The first kappa shape index (κ1) is 12.5. The van der Waals surface area contributed by atoms with Crippen LogP contribution in [0.3, 0.4) is 0 Å². The highest BCUT2D eigenvalue weighted by Crippen LogP contribution is 2.40. The maximum atomic E-state index is 12.4. The molecule has 0 amide bonds. The van der Waals surface area contributed by atoms with E-state index in [0.29, 0.717) is 12.2 Å². The highest BCUT2D eigenvalue weighted by atomic mass is 32.2. The highest BCUT2D eigenvalue weighted by molar-refractivity contribution is 7.99. The summed E-state index contributed by atoms with van der Waals surface area (Å²) in [4.78, 5) is 13.7. The molecule has 0 N–H and O–H groups in total. The summed E-state index contributed by atoms with van der Waals surface area (Å²) < 4.78 is 0. The second-order valence-corrected chi connectivity index (χ2v) is 6.09. The quantitative estimate of drug-likeness (QED) is 0.837. The van der Waals surface area contributed by atoms with Crippen LogP contribution in [-0.2, 0) is 11.2 Å². The molecule has 1 heterocycles. The van der Waals surface area contributed by atoms with Crippen LogP contribution < -0.4 is 0 Å². The number of hydrogen-bond donors (Lipinski definition) is 0. The largest absolute Gasteiger partial charge is 0.299 e. The number of ketones is 1. The number of Topliss-reactive ketones (excluding diaryl/α,β-unsaturated/α-hetero) is 1. The number of aryl methyl sites for hydroxylation is 1. The van der Waals surface area contributed by atoms with Crippen molar-refractivity contribution in [3.8, 4) is 0 Å². The van der Waals surface area contributed by atoms with Crippen molar-refractivity contribution in [3.05, 3.63) is 65.2 Å². The summed E-state index contributed by atoms with van der Waals surface area (Å²) in [7, 11) is 0. The first-order chi connectivity index (χ1) is 9.24. The van der Waals surface area contributed by atoms with E-state index in [0.717, 1.165) is 11.3 Å². The Morgan fingerprint density at radius 3 is 2.68 bits per heavy atom. The molecule has 0 bridgehead atoms. The number of benzene rings is 2. The Hall–Kier alpha value is -1.54. The summed E-state index contributed by atoms with van der Waals surface area (Å²) in [6.45, 7) is 2.06. The molecular weight excluding hydrogens is 252 g/mol. The highest BCUT2D eigenvalue weighted by Gasteiger charge is 2.28. The number of hydrogen-bond acceptors (Lipinski definition) is 2. The van der Waals surface area contributed by atoms with Gasteiger partial charge in [0.2, 0.25) is 0 Å². The zero-order valence-electron chi connectivity index (χ0n) is 10.9. The third-order valence-electron chi connectivity index (χ3n) is 3.59. The number of fused-ring (bicyclic) bond motifs is 1. The minimum Gasteiger partial charge on any atom is -0.299 e. The van der Waals surface area contributed by atoms with Crippen molar-refractivity contribution >= 4 is 17.5 Å². The van der Waals surface area contributed by atoms with Gasteiger partial charge in [-0.2, -0.15) is 0 Å². The molecule has 0 spiro atoms. The molecule has 1 aliphatic rings. The smallest absolute Gasteiger partial charge is 0.145 e. The fourth-order valence-corrected chi connectivity index (χ4v) is 3.72. The van der Waals surface area contributed by atoms with Crippen molar-refractivity contribution in [1.82, 2.24) is 0 Å². The van der Waals surface area contributed by atoms with E-state index < -0.39 is 0 Å². The fourth-order valence-electron chi connectivity index (χ4n) is 2.46. The van der Waals surface area contributed by atoms with Crippen molar-refractivity contribution < 1.29 is 4.79 Å². The van der Waals surface area contributed by atoms with Crippen LogP contribution in [0.4, 0.5) is 0 Å². The van der Waals surface area contributed by atoms with Gasteiger partial charge < -0.3 is 0 Å². The molecule has 2 heteroatoms. The van der Waals surface area contributed by atoms with E-state index in [1.807, 2.05) is 12.1 Å². The molecule has 2 aromatic carbocycles. The van der Waals surface area contributed by atoms with E-state index in [-0.39, 0.29) is 5.92 Å². The molecule has 1 aliphatic heterocycles. The first-order valence-electron chi connectivity index (χ1n) is 6.54. The second kappa shape index (κ2) is 5.22. The topological polar surface area (TPSA) is 17.1 Å². The molecular formula is C17H16OS. The fraction of sp³-hybridized carbons (Fsp3) is 0.235. The summed E-state index contributed by atoms with van der Waals surface area (Å²) >= 11 is 1.80. The molecule has 1 unspecified atom stereocenters. The van der Waals surface area contributed by atoms with Crippen molar-refractivity contribution in [2.75, 3.05) is 5.75 Å². The SMILES string of the molecule is Cc1ccc(CC(=O)C2CSc3ccccc32)cc1. The minimum atomic E-state index is 0.0718. The number of carbonyl (C=O) groups is 1. The number of carbonyl (C=O) groups excluding carboxylic acids is 1. The van der Waals surface area contributed by atoms with Gasteiger partial charge in [-0.15, -0.1) is 11.8 Å². The van der Waals surface area contributed by atoms with Crippen LogP contribution in [0.2, 0.25) is 0 Å². The average Bonchev–Trinajstić information content (AvgIpc) is 2.85. The molecule has 19 heavy (non-hydrogen) atoms. The van der Waals surface area contributed by atoms with Crippen molar-refractivity contribution in [3.63, 3.8) is 0 Å². The maximum Gasteiger partial charge on any atom is 0.145 e. The predicted octanol–water partition coefficient (Wildman–Crippen LogP) is 4.00. The lowest BCUT2D eigenvalue weighted by molar-refractivity contribution is -0.119. The summed E-state index contributed by atoms with van der Waals surface area (Å²) in [6.07, 6.45) is 0.542. The van der Waals surface area contributed by atoms with Gasteiger partial charge in [-0.05, 0) is 24.1 Å². The predicted molar refractivity (Wildman–Crippen MR) is 79.8 cm³/mol. The van der Waals surface area contributed by atoms with E-state index >= 15 is 0 Å². The summed E-state index contributed by atoms with van der Waals surface area (Å²) in [5, 5.41) is 0. The standard InChI is InChI=1S/C17H16OS/c1-12-6-8-13(9-7-12)10-16(18)15-11-19-17-5-3-2-4-14(15)17/h2-9,15H,10-11H2,1H3. The normalized spacial score (nSPS) is 17.2. The molecule has 0 saturated carbocycles. The van der Waals surface area contributed by atoms with E-state index in [1.165, 1.54) is 16.0 Å². The van der Waals surface area contributed by atoms with Crippen LogP contribution in [-0.4, -0.2) is 11.5 Å². The van der Waals surface area contributed by atoms with E-state index in [4.69, 9.17) is 0 Å². The molecule has 96 valence electrons. The van der Waals surface area contributed by atoms with Gasteiger partial charge in [0.05, 0.1) is 5.92 Å². The molecule has 0 radical (unpaired) electrons. The van der Waals surface area contributed by atoms with Crippen LogP contribution in [0.5, 0.6) is 0 Å². The molecule has 0 aromatic heterocycles. The Morgan fingerprint density at radius 1 is 1.16 bits per heavy atom. The summed E-state index contributed by atoms with van der Waals surface area (Å²) in [6, 6.07) is 16.5. The van der Waals surface area contributed by atoms with E-state index in [9.17, 15) is 4.79 Å². The minimum absolute atomic E-state index is 0.0718. The maximum absolute atomic E-state index is 12.4. The number of rotatable bonds is 3. The van der Waals surface area contributed by atoms with Gasteiger partial charge in [-0.25, -0.2) is 0 Å². The van der Waals surface area contributed by atoms with Crippen molar-refractivity contribution in [1.29, 1.82) is 0 Å². The van der Waals surface area contributed by atoms with Crippen LogP contribution in [0.15, 0.2) is 53.4 Å². The Balaban J connectivity index is 1.77. The molecule has 1 atom stereocenters. The van der Waals surface area contributed by atoms with Gasteiger partial charge in [-0.3, -0.25) is 4.79 Å². The van der Waals surface area contributed by atoms with Crippen LogP contribution >= 0.6 is 11.8 Å². The van der Waals surface area contributed by atoms with Crippen LogP contribution in [0.25, 0.3) is 0 Å². The van der Waals surface area contributed by atoms with Gasteiger partial charge >= 0.3 is 0 Å². The molecule has 0 saturated heterocycles. The van der Waals surface area contributed by atoms with E-state index in [2.05, 4.69) is 43.3 Å². The Labute approximate surface area is 118 Å². The van der Waals surface area contributed by atoms with Crippen LogP contribution in [0.1, 0.15) is 22.6 Å². The third-order valence-corrected chi connectivity index (χ3v) is 4.77. The van der Waals surface area contributed by atoms with Gasteiger partial charge in [-0.1, -0.05) is 48.0 Å².